The molecule has 0 unspecified atom stereocenters. The Kier molecular flexibility index (Phi) is 11.5. The van der Waals surface area contributed by atoms with Crippen molar-refractivity contribution < 1.29 is 0 Å². The van der Waals surface area contributed by atoms with Crippen LogP contribution in [-0.2, 0) is 5.41 Å². The minimum atomic E-state index is -0.635. The Morgan fingerprint density at radius 1 is 0.289 bits per heavy atom. The number of hydrogen-bond donors (Lipinski definition) is 0. The van der Waals surface area contributed by atoms with Crippen LogP contribution in [0.4, 0.5) is 45.5 Å². The second-order valence-electron chi connectivity index (χ2n) is 21.9. The molecule has 16 rings (SSSR count). The molecule has 0 saturated carbocycles. The monoisotopic (exact) mass is 1060 g/mol. The quantitative estimate of drug-likeness (QED) is 0.126. The van der Waals surface area contributed by atoms with Crippen molar-refractivity contribution in [3.05, 3.63) is 350 Å². The van der Waals surface area contributed by atoms with Crippen LogP contribution in [0.3, 0.4) is 0 Å². The van der Waals surface area contributed by atoms with Crippen molar-refractivity contribution in [2.75, 3.05) is 14.6 Å². The highest BCUT2D eigenvalue weighted by molar-refractivity contribution is 6.93. The molecule has 3 aliphatic heterocycles. The van der Waals surface area contributed by atoms with E-state index in [1.807, 2.05) is 0 Å². The maximum absolute atomic E-state index is 2.65. The van der Waals surface area contributed by atoms with E-state index < -0.39 is 5.41 Å². The molecule has 388 valence electrons. The van der Waals surface area contributed by atoms with Crippen molar-refractivity contribution in [3.63, 3.8) is 0 Å². The summed E-state index contributed by atoms with van der Waals surface area (Å²) < 4.78 is 0. The second kappa shape index (κ2) is 19.8. The molecular weight excluding hydrogens is 1000 g/mol. The predicted molar refractivity (Wildman–Crippen MR) is 348 cm³/mol. The van der Waals surface area contributed by atoms with E-state index in [1.165, 1.54) is 106 Å². The van der Waals surface area contributed by atoms with Crippen LogP contribution in [0.25, 0.3) is 55.6 Å². The molecule has 0 radical (unpaired) electrons. The number of hydrogen-bond acceptors (Lipinski definition) is 3. The molecule has 83 heavy (non-hydrogen) atoms. The summed E-state index contributed by atoms with van der Waals surface area (Å²) in [5, 5.41) is 0. The molecule has 0 spiro atoms. The minimum Gasteiger partial charge on any atom is -0.376 e. The molecule has 0 amide bonds. The van der Waals surface area contributed by atoms with Crippen LogP contribution in [0, 0.1) is 0 Å². The van der Waals surface area contributed by atoms with Crippen molar-refractivity contribution in [3.8, 4) is 55.6 Å². The molecule has 4 heteroatoms. The van der Waals surface area contributed by atoms with Gasteiger partial charge in [0.15, 0.2) is 0 Å². The van der Waals surface area contributed by atoms with Crippen molar-refractivity contribution in [2.24, 2.45) is 0 Å². The van der Waals surface area contributed by atoms with Gasteiger partial charge in [-0.3, -0.25) is 0 Å². The lowest BCUT2D eigenvalue weighted by molar-refractivity contribution is 0.732. The van der Waals surface area contributed by atoms with Crippen molar-refractivity contribution in [1.29, 1.82) is 0 Å². The van der Waals surface area contributed by atoms with Crippen molar-refractivity contribution >= 4 is 63.3 Å². The zero-order chi connectivity index (χ0) is 54.8. The molecule has 0 N–H and O–H groups in total. The van der Waals surface area contributed by atoms with E-state index in [9.17, 15) is 0 Å². The van der Waals surface area contributed by atoms with Gasteiger partial charge in [0, 0.05) is 45.4 Å². The van der Waals surface area contributed by atoms with Gasteiger partial charge in [-0.05, 0) is 156 Å². The van der Waals surface area contributed by atoms with Gasteiger partial charge < -0.3 is 14.6 Å². The van der Waals surface area contributed by atoms with E-state index in [1.54, 1.807) is 0 Å². The molecule has 0 aromatic heterocycles. The van der Waals surface area contributed by atoms with Crippen LogP contribution in [-0.4, -0.2) is 6.85 Å². The lowest BCUT2D eigenvalue weighted by Crippen LogP contribution is -2.62. The predicted octanol–water partition coefficient (Wildman–Crippen LogP) is 19.2. The molecule has 0 fully saturated rings. The Morgan fingerprint density at radius 3 is 1.25 bits per heavy atom. The third-order valence-corrected chi connectivity index (χ3v) is 17.5. The first kappa shape index (κ1) is 48.2. The Bertz CT molecular complexity index is 4390. The molecule has 13 aromatic carbocycles. The van der Waals surface area contributed by atoms with Gasteiger partial charge in [-0.1, -0.05) is 255 Å². The number of nitrogens with zero attached hydrogens (tertiary/aromatic N) is 3. The maximum atomic E-state index is 2.65. The first-order valence-corrected chi connectivity index (χ1v) is 28.8. The average Bonchev–Trinajstić information content (AvgIpc) is 0.853. The lowest BCUT2D eigenvalue weighted by atomic mass is 9.42. The van der Waals surface area contributed by atoms with Gasteiger partial charge in [0.25, 0.3) is 0 Å². The van der Waals surface area contributed by atoms with E-state index in [2.05, 4.69) is 342 Å². The SMILES string of the molecule is c1ccc(-c2ccc(N3B4c5cccc6c5N(c5ccccc5C6(c5ccccc5)c5ccccc5)c5cc(-c6ccccc6)cc(c54)-c4cc(N(c5ccc(-c6ccccc6)cc5)c5ccc(-c6ccccc6)cc5)ccc43)cc2)cc1. The topological polar surface area (TPSA) is 9.72 Å². The van der Waals surface area contributed by atoms with Crippen LogP contribution >= 0.6 is 0 Å². The van der Waals surface area contributed by atoms with E-state index in [-0.39, 0.29) is 6.85 Å². The molecule has 13 aromatic rings. The lowest BCUT2D eigenvalue weighted by Gasteiger charge is -2.52. The van der Waals surface area contributed by atoms with Gasteiger partial charge in [0.2, 0.25) is 0 Å². The van der Waals surface area contributed by atoms with Crippen molar-refractivity contribution in [2.45, 2.75) is 5.41 Å². The van der Waals surface area contributed by atoms with Gasteiger partial charge in [-0.15, -0.1) is 0 Å². The molecule has 3 nitrogen and oxygen atoms in total. The molecule has 0 atom stereocenters. The summed E-state index contributed by atoms with van der Waals surface area (Å²) in [6.45, 7) is -0.210. The summed E-state index contributed by atoms with van der Waals surface area (Å²) in [4.78, 5) is 7.71. The van der Waals surface area contributed by atoms with Crippen LogP contribution in [0.15, 0.2) is 328 Å². The van der Waals surface area contributed by atoms with Gasteiger partial charge in [-0.2, -0.15) is 0 Å². The van der Waals surface area contributed by atoms with Crippen LogP contribution in [0.1, 0.15) is 22.3 Å². The highest BCUT2D eigenvalue weighted by Gasteiger charge is 2.53. The van der Waals surface area contributed by atoms with E-state index in [0.29, 0.717) is 0 Å². The number of rotatable bonds is 10. The highest BCUT2D eigenvalue weighted by atomic mass is 15.2. The zero-order valence-electron chi connectivity index (χ0n) is 45.6. The molecule has 0 aliphatic carbocycles. The van der Waals surface area contributed by atoms with E-state index in [0.717, 1.165) is 28.4 Å². The fourth-order valence-electron chi connectivity index (χ4n) is 13.8. The third-order valence-electron chi connectivity index (χ3n) is 17.5. The minimum absolute atomic E-state index is 0.210. The van der Waals surface area contributed by atoms with Crippen LogP contribution in [0.5, 0.6) is 0 Å². The summed E-state index contributed by atoms with van der Waals surface area (Å²) in [5.74, 6) is 0. The van der Waals surface area contributed by atoms with Gasteiger partial charge in [0.05, 0.1) is 11.1 Å². The first-order valence-electron chi connectivity index (χ1n) is 28.8. The van der Waals surface area contributed by atoms with Crippen LogP contribution in [0.2, 0.25) is 0 Å². The highest BCUT2D eigenvalue weighted by Crippen LogP contribution is 2.60. The number of anilines is 8. The number of benzene rings is 13. The van der Waals surface area contributed by atoms with Gasteiger partial charge in [-0.25, -0.2) is 0 Å². The number of para-hydroxylation sites is 2. The summed E-state index contributed by atoms with van der Waals surface area (Å²) in [5.41, 5.74) is 27.8. The Morgan fingerprint density at radius 2 is 0.723 bits per heavy atom. The van der Waals surface area contributed by atoms with Gasteiger partial charge in [0.1, 0.15) is 0 Å². The molecule has 3 heterocycles. The largest absolute Gasteiger partial charge is 0.376 e. The fourth-order valence-corrected chi connectivity index (χ4v) is 13.8. The Hall–Kier alpha value is -10.7. The summed E-state index contributed by atoms with van der Waals surface area (Å²) >= 11 is 0. The fraction of sp³-hybridized carbons (Fsp3) is 0.0127. The molecule has 3 aliphatic rings. The summed E-state index contributed by atoms with van der Waals surface area (Å²) in [6.07, 6.45) is 0. The zero-order valence-corrected chi connectivity index (χ0v) is 45.6. The van der Waals surface area contributed by atoms with Crippen LogP contribution < -0.4 is 25.5 Å². The normalized spacial score (nSPS) is 13.1. The summed E-state index contributed by atoms with van der Waals surface area (Å²) in [6, 6.07) is 121. The molecule has 0 saturated heterocycles. The molecular formula is C79H54BN3. The Labute approximate surface area is 486 Å². The van der Waals surface area contributed by atoms with Gasteiger partial charge >= 0.3 is 6.85 Å². The van der Waals surface area contributed by atoms with E-state index >= 15 is 0 Å². The third kappa shape index (κ3) is 7.82. The summed E-state index contributed by atoms with van der Waals surface area (Å²) in [7, 11) is 0. The first-order chi connectivity index (χ1) is 41.2. The van der Waals surface area contributed by atoms with Crippen molar-refractivity contribution in [1.82, 2.24) is 0 Å². The second-order valence-corrected chi connectivity index (χ2v) is 21.9. The number of fused-ring (bicyclic) bond motifs is 6. The smallest absolute Gasteiger partial charge is 0.333 e. The Balaban J connectivity index is 0.973. The standard InChI is InChI=1S/C79H54BN3/c1-7-22-55(23-8-1)59-38-44-65(45-39-59)81(66-46-40-60(41-47-66)56-24-9-2-10-25-56)68-50-51-74-69(54-68)70-52-62(58-28-13-4-14-29-58)53-76-77(70)80(83(74)67-48-42-61(43-49-67)57-26-11-3-12-27-57)73-36-21-35-72-78(73)82(76)75-37-20-19-34-71(75)79(72,63-30-15-5-16-31-63)64-32-17-6-18-33-64/h1-54H. The molecule has 0 bridgehead atoms. The average molecular weight is 1060 g/mol. The van der Waals surface area contributed by atoms with E-state index in [4.69, 9.17) is 0 Å². The maximum Gasteiger partial charge on any atom is 0.333 e.